The van der Waals surface area contributed by atoms with E-state index in [-0.39, 0.29) is 18.1 Å². The predicted octanol–water partition coefficient (Wildman–Crippen LogP) is 1.15. The molecule has 1 rings (SSSR count). The molecule has 5 nitrogen and oxygen atoms in total. The van der Waals surface area contributed by atoms with Gasteiger partial charge in [0.2, 0.25) is 0 Å². The van der Waals surface area contributed by atoms with Gasteiger partial charge in [-0.05, 0) is 13.0 Å². The van der Waals surface area contributed by atoms with Gasteiger partial charge in [-0.1, -0.05) is 6.08 Å². The fourth-order valence-electron chi connectivity index (χ4n) is 0.898. The quantitative estimate of drug-likeness (QED) is 0.751. The maximum atomic E-state index is 10.9. The molecule has 1 heterocycles. The minimum absolute atomic E-state index is 0.0116. The number of hydrogen-bond acceptors (Lipinski definition) is 5. The zero-order valence-electron chi connectivity index (χ0n) is 8.38. The first-order chi connectivity index (χ1) is 7.22. The highest BCUT2D eigenvalue weighted by Crippen LogP contribution is 2.03. The van der Waals surface area contributed by atoms with Gasteiger partial charge in [0.1, 0.15) is 0 Å². The summed E-state index contributed by atoms with van der Waals surface area (Å²) >= 11 is 0. The molecule has 0 amide bonds. The molecular formula is C10H12N2O3. The molecule has 0 aliphatic heterocycles. The van der Waals surface area contributed by atoms with Gasteiger partial charge >= 0.3 is 5.97 Å². The Hall–Kier alpha value is -1.91. The van der Waals surface area contributed by atoms with E-state index in [1.54, 1.807) is 19.1 Å². The van der Waals surface area contributed by atoms with E-state index >= 15 is 0 Å². The van der Waals surface area contributed by atoms with Crippen LogP contribution in [0.2, 0.25) is 0 Å². The summed E-state index contributed by atoms with van der Waals surface area (Å²) in [5, 5.41) is 8.92. The van der Waals surface area contributed by atoms with Crippen molar-refractivity contribution in [1.29, 1.82) is 0 Å². The first-order valence-corrected chi connectivity index (χ1v) is 4.55. The lowest BCUT2D eigenvalue weighted by Crippen LogP contribution is -2.01. The molecule has 0 aliphatic rings. The van der Waals surface area contributed by atoms with Crippen LogP contribution in [0.1, 0.15) is 19.2 Å². The summed E-state index contributed by atoms with van der Waals surface area (Å²) in [6.07, 6.45) is 5.98. The van der Waals surface area contributed by atoms with E-state index in [1.165, 1.54) is 12.4 Å². The van der Waals surface area contributed by atoms with Crippen LogP contribution in [-0.2, 0) is 9.53 Å². The number of ether oxygens (including phenoxy) is 1. The van der Waals surface area contributed by atoms with Crippen LogP contribution in [0.3, 0.4) is 0 Å². The number of aromatic hydroxyl groups is 1. The maximum absolute atomic E-state index is 10.9. The molecule has 0 aromatic carbocycles. The molecule has 0 bridgehead atoms. The number of esters is 1. The average molecular weight is 208 g/mol. The summed E-state index contributed by atoms with van der Waals surface area (Å²) in [6.45, 7) is 2.13. The third-order valence-electron chi connectivity index (χ3n) is 1.51. The zero-order chi connectivity index (χ0) is 11.1. The number of hydrogen-bond donors (Lipinski definition) is 1. The molecule has 5 heteroatoms. The number of aromatic nitrogens is 2. The SMILES string of the molecule is CCOC(=O)CC=Cc1ncc(O)cn1. The van der Waals surface area contributed by atoms with Crippen LogP contribution in [0.15, 0.2) is 18.5 Å². The van der Waals surface area contributed by atoms with Crippen LogP contribution in [0.4, 0.5) is 0 Å². The first kappa shape index (κ1) is 11.2. The fourth-order valence-corrected chi connectivity index (χ4v) is 0.898. The van der Waals surface area contributed by atoms with E-state index in [0.717, 1.165) is 0 Å². The molecular weight excluding hydrogens is 196 g/mol. The van der Waals surface area contributed by atoms with Crippen molar-refractivity contribution in [3.8, 4) is 5.75 Å². The Morgan fingerprint density at radius 2 is 2.20 bits per heavy atom. The summed E-state index contributed by atoms with van der Waals surface area (Å²) in [5.41, 5.74) is 0. The standard InChI is InChI=1S/C10H12N2O3/c1-2-15-10(14)5-3-4-9-11-6-8(13)7-12-9/h3-4,6-7,13H,2,5H2,1H3. The normalized spacial score (nSPS) is 10.5. The van der Waals surface area contributed by atoms with E-state index in [4.69, 9.17) is 9.84 Å². The highest BCUT2D eigenvalue weighted by molar-refractivity contribution is 5.72. The molecule has 0 aliphatic carbocycles. The number of nitrogens with zero attached hydrogens (tertiary/aromatic N) is 2. The van der Waals surface area contributed by atoms with Gasteiger partial charge in [-0.25, -0.2) is 9.97 Å². The van der Waals surface area contributed by atoms with Gasteiger partial charge in [0, 0.05) is 0 Å². The van der Waals surface area contributed by atoms with Crippen molar-refractivity contribution in [2.45, 2.75) is 13.3 Å². The number of carbonyl (C=O) groups excluding carboxylic acids is 1. The molecule has 15 heavy (non-hydrogen) atoms. The highest BCUT2D eigenvalue weighted by Gasteiger charge is 1.97. The van der Waals surface area contributed by atoms with Crippen molar-refractivity contribution in [2.24, 2.45) is 0 Å². The van der Waals surface area contributed by atoms with Crippen molar-refractivity contribution in [3.05, 3.63) is 24.3 Å². The minimum atomic E-state index is -0.285. The molecule has 0 atom stereocenters. The number of carbonyl (C=O) groups is 1. The third kappa shape index (κ3) is 4.21. The summed E-state index contributed by atoms with van der Waals surface area (Å²) in [4.78, 5) is 18.6. The zero-order valence-corrected chi connectivity index (χ0v) is 8.38. The van der Waals surface area contributed by atoms with E-state index in [1.807, 2.05) is 0 Å². The molecule has 0 saturated carbocycles. The van der Waals surface area contributed by atoms with Crippen LogP contribution >= 0.6 is 0 Å². The second kappa shape index (κ2) is 5.74. The van der Waals surface area contributed by atoms with Gasteiger partial charge in [-0.3, -0.25) is 4.79 Å². The molecule has 1 aromatic rings. The second-order valence-corrected chi connectivity index (χ2v) is 2.71. The summed E-state index contributed by atoms with van der Waals surface area (Å²) < 4.78 is 4.73. The Balaban J connectivity index is 2.44. The van der Waals surface area contributed by atoms with Crippen LogP contribution in [0, 0.1) is 0 Å². The Morgan fingerprint density at radius 1 is 1.53 bits per heavy atom. The highest BCUT2D eigenvalue weighted by atomic mass is 16.5. The Labute approximate surface area is 87.4 Å². The molecule has 0 unspecified atom stereocenters. The summed E-state index contributed by atoms with van der Waals surface area (Å²) in [7, 11) is 0. The van der Waals surface area contributed by atoms with Gasteiger partial charge < -0.3 is 9.84 Å². The Morgan fingerprint density at radius 3 is 2.80 bits per heavy atom. The monoisotopic (exact) mass is 208 g/mol. The summed E-state index contributed by atoms with van der Waals surface area (Å²) in [5.74, 6) is 0.169. The van der Waals surface area contributed by atoms with Gasteiger partial charge in [0.15, 0.2) is 11.6 Å². The number of rotatable bonds is 4. The summed E-state index contributed by atoms with van der Waals surface area (Å²) in [6, 6.07) is 0. The lowest BCUT2D eigenvalue weighted by molar-refractivity contribution is -0.142. The van der Waals surface area contributed by atoms with E-state index in [2.05, 4.69) is 9.97 Å². The van der Waals surface area contributed by atoms with E-state index < -0.39 is 0 Å². The van der Waals surface area contributed by atoms with Crippen LogP contribution in [0.5, 0.6) is 5.75 Å². The second-order valence-electron chi connectivity index (χ2n) is 2.71. The van der Waals surface area contributed by atoms with Crippen molar-refractivity contribution in [3.63, 3.8) is 0 Å². The molecule has 0 spiro atoms. The molecule has 1 N–H and O–H groups in total. The maximum Gasteiger partial charge on any atom is 0.309 e. The lowest BCUT2D eigenvalue weighted by atomic mass is 10.3. The van der Waals surface area contributed by atoms with Crippen molar-refractivity contribution >= 4 is 12.0 Å². The van der Waals surface area contributed by atoms with Crippen molar-refractivity contribution < 1.29 is 14.6 Å². The Bertz CT molecular complexity index is 346. The average Bonchev–Trinajstić information content (AvgIpc) is 2.21. The van der Waals surface area contributed by atoms with Gasteiger partial charge in [-0.15, -0.1) is 0 Å². The third-order valence-corrected chi connectivity index (χ3v) is 1.51. The van der Waals surface area contributed by atoms with Crippen molar-refractivity contribution in [2.75, 3.05) is 6.61 Å². The first-order valence-electron chi connectivity index (χ1n) is 4.55. The molecule has 80 valence electrons. The van der Waals surface area contributed by atoms with Crippen LogP contribution in [0.25, 0.3) is 6.08 Å². The predicted molar refractivity (Wildman–Crippen MR) is 54.0 cm³/mol. The topological polar surface area (TPSA) is 72.3 Å². The largest absolute Gasteiger partial charge is 0.505 e. The van der Waals surface area contributed by atoms with Gasteiger partial charge in [-0.2, -0.15) is 0 Å². The molecule has 1 aromatic heterocycles. The minimum Gasteiger partial charge on any atom is -0.505 e. The van der Waals surface area contributed by atoms with Gasteiger partial charge in [0.25, 0.3) is 0 Å². The smallest absolute Gasteiger partial charge is 0.309 e. The van der Waals surface area contributed by atoms with Crippen LogP contribution in [-0.4, -0.2) is 27.7 Å². The van der Waals surface area contributed by atoms with E-state index in [9.17, 15) is 4.79 Å². The Kier molecular flexibility index (Phi) is 4.28. The van der Waals surface area contributed by atoms with Crippen molar-refractivity contribution in [1.82, 2.24) is 9.97 Å². The molecule has 0 radical (unpaired) electrons. The van der Waals surface area contributed by atoms with Crippen LogP contribution < -0.4 is 0 Å². The van der Waals surface area contributed by atoms with Gasteiger partial charge in [0.05, 0.1) is 25.4 Å². The molecule has 0 fully saturated rings. The molecule has 0 saturated heterocycles. The lowest BCUT2D eigenvalue weighted by Gasteiger charge is -1.96. The fraction of sp³-hybridized carbons (Fsp3) is 0.300. The van der Waals surface area contributed by atoms with E-state index in [0.29, 0.717) is 12.4 Å².